The monoisotopic (exact) mass is 321 g/mol. The summed E-state index contributed by atoms with van der Waals surface area (Å²) in [5, 5.41) is 0.936. The molecule has 0 radical (unpaired) electrons. The molecular formula is C14H12BrNO3. The van der Waals surface area contributed by atoms with Gasteiger partial charge >= 0.3 is 5.97 Å². The van der Waals surface area contributed by atoms with Crippen LogP contribution in [0.3, 0.4) is 0 Å². The lowest BCUT2D eigenvalue weighted by molar-refractivity contribution is 0.0601. The quantitative estimate of drug-likeness (QED) is 0.649. The molecule has 0 saturated carbocycles. The lowest BCUT2D eigenvalue weighted by Crippen LogP contribution is -2.21. The van der Waals surface area contributed by atoms with Crippen molar-refractivity contribution in [2.45, 2.75) is 17.7 Å². The third-order valence-electron chi connectivity index (χ3n) is 3.51. The number of rotatable bonds is 1. The van der Waals surface area contributed by atoms with Gasteiger partial charge in [-0.3, -0.25) is 4.79 Å². The van der Waals surface area contributed by atoms with Crippen molar-refractivity contribution in [1.29, 1.82) is 0 Å². The zero-order chi connectivity index (χ0) is 13.6. The number of aromatic amines is 1. The molecule has 1 aromatic heterocycles. The molecular weight excluding hydrogens is 310 g/mol. The lowest BCUT2D eigenvalue weighted by atomic mass is 9.94. The summed E-state index contributed by atoms with van der Waals surface area (Å²) in [6.45, 7) is 0. The number of hydrogen-bond acceptors (Lipinski definition) is 3. The van der Waals surface area contributed by atoms with Crippen molar-refractivity contribution < 1.29 is 14.3 Å². The van der Waals surface area contributed by atoms with E-state index in [1.807, 2.05) is 6.07 Å². The van der Waals surface area contributed by atoms with Crippen LogP contribution in [0.4, 0.5) is 0 Å². The van der Waals surface area contributed by atoms with Crippen LogP contribution in [0.5, 0.6) is 0 Å². The number of carbonyl (C=O) groups is 2. The first-order valence-corrected chi connectivity index (χ1v) is 6.94. The number of benzene rings is 1. The predicted molar refractivity (Wildman–Crippen MR) is 75.0 cm³/mol. The topological polar surface area (TPSA) is 59.2 Å². The number of alkyl halides is 1. The van der Waals surface area contributed by atoms with Gasteiger partial charge in [0.25, 0.3) is 0 Å². The Hall–Kier alpha value is -1.62. The van der Waals surface area contributed by atoms with Crippen molar-refractivity contribution in [3.63, 3.8) is 0 Å². The maximum Gasteiger partial charge on any atom is 0.337 e. The van der Waals surface area contributed by atoms with Crippen LogP contribution in [0.15, 0.2) is 18.2 Å². The number of hydrogen-bond donors (Lipinski definition) is 1. The average Bonchev–Trinajstić information content (AvgIpc) is 2.80. The Morgan fingerprint density at radius 2 is 2.26 bits per heavy atom. The number of carbonyl (C=O) groups excluding carboxylic acids is 2. The van der Waals surface area contributed by atoms with Crippen molar-refractivity contribution in [1.82, 2.24) is 4.98 Å². The fourth-order valence-corrected chi connectivity index (χ4v) is 2.98. The van der Waals surface area contributed by atoms with E-state index < -0.39 is 0 Å². The summed E-state index contributed by atoms with van der Waals surface area (Å²) in [7, 11) is 1.36. The zero-order valence-corrected chi connectivity index (χ0v) is 11.9. The van der Waals surface area contributed by atoms with Crippen LogP contribution < -0.4 is 0 Å². The van der Waals surface area contributed by atoms with Gasteiger partial charge in [-0.05, 0) is 36.6 Å². The van der Waals surface area contributed by atoms with Crippen molar-refractivity contribution in [3.05, 3.63) is 35.0 Å². The Labute approximate surface area is 118 Å². The molecule has 1 atom stereocenters. The van der Waals surface area contributed by atoms with E-state index in [4.69, 9.17) is 4.74 Å². The van der Waals surface area contributed by atoms with Gasteiger partial charge in [0.05, 0.1) is 23.2 Å². The number of aryl methyl sites for hydroxylation is 1. The summed E-state index contributed by atoms with van der Waals surface area (Å²) < 4.78 is 4.72. The van der Waals surface area contributed by atoms with Gasteiger partial charge in [0.2, 0.25) is 0 Å². The van der Waals surface area contributed by atoms with Crippen LogP contribution in [0.25, 0.3) is 10.9 Å². The van der Waals surface area contributed by atoms with E-state index in [0.29, 0.717) is 11.3 Å². The highest BCUT2D eigenvalue weighted by Gasteiger charge is 2.28. The van der Waals surface area contributed by atoms with E-state index in [-0.39, 0.29) is 16.6 Å². The minimum Gasteiger partial charge on any atom is -0.465 e. The molecule has 2 aromatic rings. The standard InChI is InChI=1S/C14H12BrNO3/c1-19-14(18)7-2-5-11-9(6-7)8-3-4-10(15)13(17)12(8)16-11/h2,5-6,10,16H,3-4H2,1H3. The van der Waals surface area contributed by atoms with Crippen LogP contribution in [0.1, 0.15) is 32.8 Å². The zero-order valence-electron chi connectivity index (χ0n) is 10.3. The van der Waals surface area contributed by atoms with E-state index in [9.17, 15) is 9.59 Å². The molecule has 1 heterocycles. The first-order chi connectivity index (χ1) is 9.11. The third kappa shape index (κ3) is 1.89. The number of ketones is 1. The number of ether oxygens (including phenoxy) is 1. The van der Waals surface area contributed by atoms with Crippen molar-refractivity contribution in [2.75, 3.05) is 7.11 Å². The second kappa shape index (κ2) is 4.49. The van der Waals surface area contributed by atoms with E-state index >= 15 is 0 Å². The minimum atomic E-state index is -0.364. The van der Waals surface area contributed by atoms with Crippen molar-refractivity contribution >= 4 is 38.6 Å². The summed E-state index contributed by atoms with van der Waals surface area (Å²) in [5.74, 6) is -0.283. The number of esters is 1. The Morgan fingerprint density at radius 3 is 3.00 bits per heavy atom. The molecule has 1 unspecified atom stereocenters. The van der Waals surface area contributed by atoms with Gasteiger partial charge in [-0.1, -0.05) is 15.9 Å². The molecule has 98 valence electrons. The van der Waals surface area contributed by atoms with E-state index in [1.165, 1.54) is 7.11 Å². The largest absolute Gasteiger partial charge is 0.465 e. The number of H-pyrrole nitrogens is 1. The molecule has 1 aromatic carbocycles. The highest BCUT2D eigenvalue weighted by atomic mass is 79.9. The fraction of sp³-hybridized carbons (Fsp3) is 0.286. The molecule has 0 saturated heterocycles. The van der Waals surface area contributed by atoms with E-state index in [1.54, 1.807) is 12.1 Å². The first-order valence-electron chi connectivity index (χ1n) is 6.03. The average molecular weight is 322 g/mol. The molecule has 1 aliphatic rings. The van der Waals surface area contributed by atoms with Gasteiger partial charge < -0.3 is 9.72 Å². The number of fused-ring (bicyclic) bond motifs is 3. The molecule has 1 aliphatic carbocycles. The Bertz CT molecular complexity index is 689. The summed E-state index contributed by atoms with van der Waals surface area (Å²) in [6.07, 6.45) is 1.60. The Balaban J connectivity index is 2.19. The molecule has 1 N–H and O–H groups in total. The molecule has 5 heteroatoms. The molecule has 19 heavy (non-hydrogen) atoms. The minimum absolute atomic E-state index is 0.0806. The molecule has 0 amide bonds. The number of Topliss-reactive ketones (excluding diaryl/α,β-unsaturated/α-hetero) is 1. The summed E-state index contributed by atoms with van der Waals surface area (Å²) >= 11 is 3.39. The molecule has 3 rings (SSSR count). The van der Waals surface area contributed by atoms with Crippen LogP contribution >= 0.6 is 15.9 Å². The maximum absolute atomic E-state index is 12.1. The van der Waals surface area contributed by atoms with Gasteiger partial charge in [-0.25, -0.2) is 4.79 Å². The van der Waals surface area contributed by atoms with Crippen molar-refractivity contribution in [2.24, 2.45) is 0 Å². The van der Waals surface area contributed by atoms with Gasteiger partial charge in [0.15, 0.2) is 5.78 Å². The van der Waals surface area contributed by atoms with Crippen LogP contribution in [0.2, 0.25) is 0 Å². The molecule has 0 fully saturated rings. The summed E-state index contributed by atoms with van der Waals surface area (Å²) in [4.78, 5) is 26.7. The lowest BCUT2D eigenvalue weighted by Gasteiger charge is -2.15. The van der Waals surface area contributed by atoms with E-state index in [2.05, 4.69) is 20.9 Å². The van der Waals surface area contributed by atoms with Crippen LogP contribution in [-0.2, 0) is 11.2 Å². The maximum atomic E-state index is 12.1. The highest BCUT2D eigenvalue weighted by molar-refractivity contribution is 9.10. The van der Waals surface area contributed by atoms with Gasteiger partial charge in [0.1, 0.15) is 0 Å². The third-order valence-corrected chi connectivity index (χ3v) is 4.38. The smallest absolute Gasteiger partial charge is 0.337 e. The second-order valence-corrected chi connectivity index (χ2v) is 5.71. The van der Waals surface area contributed by atoms with Crippen LogP contribution in [0, 0.1) is 0 Å². The van der Waals surface area contributed by atoms with Crippen LogP contribution in [-0.4, -0.2) is 28.7 Å². The Morgan fingerprint density at radius 1 is 1.47 bits per heavy atom. The number of methoxy groups -OCH3 is 1. The fourth-order valence-electron chi connectivity index (χ4n) is 2.52. The SMILES string of the molecule is COC(=O)c1ccc2[nH]c3c(c2c1)CCC(Br)C3=O. The normalized spacial score (nSPS) is 18.4. The molecule has 0 spiro atoms. The molecule has 0 bridgehead atoms. The molecule has 0 aliphatic heterocycles. The van der Waals surface area contributed by atoms with E-state index in [0.717, 1.165) is 29.3 Å². The summed E-state index contributed by atoms with van der Waals surface area (Å²) in [6, 6.07) is 5.31. The van der Waals surface area contributed by atoms with Gasteiger partial charge in [0, 0.05) is 10.9 Å². The highest BCUT2D eigenvalue weighted by Crippen LogP contribution is 2.32. The first kappa shape index (κ1) is 12.4. The van der Waals surface area contributed by atoms with Crippen molar-refractivity contribution in [3.8, 4) is 0 Å². The summed E-state index contributed by atoms with van der Waals surface area (Å²) in [5.41, 5.74) is 3.05. The number of nitrogens with one attached hydrogen (secondary N) is 1. The predicted octanol–water partition coefficient (Wildman–Crippen LogP) is 2.85. The Kier molecular flexibility index (Phi) is 2.93. The van der Waals surface area contributed by atoms with Gasteiger partial charge in [-0.2, -0.15) is 0 Å². The second-order valence-electron chi connectivity index (χ2n) is 4.60. The number of aromatic nitrogens is 1. The molecule has 4 nitrogen and oxygen atoms in total. The number of halogens is 1. The van der Waals surface area contributed by atoms with Gasteiger partial charge in [-0.15, -0.1) is 0 Å².